The second kappa shape index (κ2) is 3.56. The number of hydrogen-bond donors (Lipinski definition) is 2. The lowest BCUT2D eigenvalue weighted by atomic mass is 10.1. The molecule has 0 saturated carbocycles. The summed E-state index contributed by atoms with van der Waals surface area (Å²) in [4.78, 5) is 5.11. The van der Waals surface area contributed by atoms with Crippen molar-refractivity contribution in [2.75, 3.05) is 0 Å². The van der Waals surface area contributed by atoms with E-state index in [1.807, 2.05) is 6.08 Å². The van der Waals surface area contributed by atoms with E-state index in [-0.39, 0.29) is 5.75 Å². The van der Waals surface area contributed by atoms with Crippen LogP contribution in [0.1, 0.15) is 11.1 Å². The molecule has 0 fully saturated rings. The van der Waals surface area contributed by atoms with Gasteiger partial charge in [0, 0.05) is 11.8 Å². The van der Waals surface area contributed by atoms with E-state index >= 15 is 0 Å². The van der Waals surface area contributed by atoms with Gasteiger partial charge in [-0.3, -0.25) is 0 Å². The maximum atomic E-state index is 10.9. The van der Waals surface area contributed by atoms with Gasteiger partial charge in [0.2, 0.25) is 10.0 Å². The van der Waals surface area contributed by atoms with Gasteiger partial charge in [0.05, 0.1) is 5.75 Å². The van der Waals surface area contributed by atoms with Crippen molar-refractivity contribution in [2.45, 2.75) is 5.75 Å². The van der Waals surface area contributed by atoms with Gasteiger partial charge in [-0.25, -0.2) is 19.0 Å². The molecular weight excluding hydrogens is 216 g/mol. The molecule has 15 heavy (non-hydrogen) atoms. The van der Waals surface area contributed by atoms with Crippen LogP contribution >= 0.6 is 0 Å². The average molecular weight is 226 g/mol. The highest BCUT2D eigenvalue weighted by Crippen LogP contribution is 2.23. The van der Waals surface area contributed by atoms with Crippen molar-refractivity contribution in [1.82, 2.24) is 5.48 Å². The molecule has 5 nitrogen and oxygen atoms in total. The van der Waals surface area contributed by atoms with Crippen LogP contribution in [0.2, 0.25) is 0 Å². The fourth-order valence-corrected chi connectivity index (χ4v) is 1.99. The molecule has 0 bridgehead atoms. The number of hydrogen-bond acceptors (Lipinski definition) is 4. The first kappa shape index (κ1) is 10.0. The van der Waals surface area contributed by atoms with Gasteiger partial charge in [-0.1, -0.05) is 12.1 Å². The van der Waals surface area contributed by atoms with E-state index in [9.17, 15) is 8.42 Å². The fraction of sp³-hybridized carbons (Fsp3) is 0.111. The molecule has 2 rings (SSSR count). The van der Waals surface area contributed by atoms with Crippen LogP contribution in [-0.4, -0.2) is 8.42 Å². The molecule has 1 aliphatic rings. The number of nitrogens with two attached hydrogens (primary N) is 1. The Bertz CT molecular complexity index is 508. The summed E-state index contributed by atoms with van der Waals surface area (Å²) in [5.41, 5.74) is 4.07. The Labute approximate surface area is 87.5 Å². The molecule has 0 aliphatic carbocycles. The molecule has 1 aromatic carbocycles. The highest BCUT2D eigenvalue weighted by atomic mass is 32.2. The van der Waals surface area contributed by atoms with Gasteiger partial charge in [-0.2, -0.15) is 0 Å². The van der Waals surface area contributed by atoms with Gasteiger partial charge in [0.1, 0.15) is 0 Å². The zero-order valence-corrected chi connectivity index (χ0v) is 8.62. The lowest BCUT2D eigenvalue weighted by molar-refractivity contribution is 0.239. The number of nitrogens with one attached hydrogen (secondary N) is 1. The Morgan fingerprint density at radius 1 is 1.40 bits per heavy atom. The lowest BCUT2D eigenvalue weighted by Gasteiger charge is -2.13. The van der Waals surface area contributed by atoms with E-state index in [0.717, 1.165) is 5.56 Å². The van der Waals surface area contributed by atoms with Crippen LogP contribution in [0, 0.1) is 0 Å². The topological polar surface area (TPSA) is 81.4 Å². The van der Waals surface area contributed by atoms with Gasteiger partial charge in [0.15, 0.2) is 5.75 Å². The van der Waals surface area contributed by atoms with Crippen molar-refractivity contribution < 1.29 is 13.3 Å². The van der Waals surface area contributed by atoms with Gasteiger partial charge >= 0.3 is 0 Å². The van der Waals surface area contributed by atoms with Gasteiger partial charge in [-0.15, -0.1) is 0 Å². The smallest absolute Gasteiger partial charge is 0.213 e. The van der Waals surface area contributed by atoms with E-state index < -0.39 is 10.0 Å². The van der Waals surface area contributed by atoms with Crippen LogP contribution in [0.25, 0.3) is 6.08 Å². The Morgan fingerprint density at radius 2 is 2.20 bits per heavy atom. The number of benzene rings is 1. The number of primary sulfonamides is 1. The Balaban J connectivity index is 2.33. The van der Waals surface area contributed by atoms with E-state index in [1.54, 1.807) is 24.4 Å². The van der Waals surface area contributed by atoms with Crippen molar-refractivity contribution in [2.24, 2.45) is 5.14 Å². The van der Waals surface area contributed by atoms with Gasteiger partial charge < -0.3 is 4.84 Å². The molecule has 0 saturated heterocycles. The van der Waals surface area contributed by atoms with Crippen LogP contribution in [-0.2, 0) is 15.8 Å². The molecule has 3 N–H and O–H groups in total. The zero-order chi connectivity index (χ0) is 10.9. The predicted octanol–water partition coefficient (Wildman–Crippen LogP) is 0.343. The van der Waals surface area contributed by atoms with Crippen LogP contribution in [0.4, 0.5) is 0 Å². The first-order valence-corrected chi connectivity index (χ1v) is 5.98. The third-order valence-corrected chi connectivity index (χ3v) is 2.68. The number of sulfonamides is 1. The van der Waals surface area contributed by atoms with Crippen LogP contribution < -0.4 is 15.5 Å². The normalized spacial score (nSPS) is 13.9. The zero-order valence-electron chi connectivity index (χ0n) is 7.80. The third-order valence-electron chi connectivity index (χ3n) is 1.95. The van der Waals surface area contributed by atoms with Crippen molar-refractivity contribution in [1.29, 1.82) is 0 Å². The highest BCUT2D eigenvalue weighted by molar-refractivity contribution is 7.88. The monoisotopic (exact) mass is 226 g/mol. The second-order valence-electron chi connectivity index (χ2n) is 3.23. The highest BCUT2D eigenvalue weighted by Gasteiger charge is 2.10. The van der Waals surface area contributed by atoms with Gasteiger partial charge in [0.25, 0.3) is 0 Å². The first-order chi connectivity index (χ1) is 7.04. The van der Waals surface area contributed by atoms with Crippen molar-refractivity contribution >= 4 is 16.1 Å². The molecule has 80 valence electrons. The van der Waals surface area contributed by atoms with Crippen LogP contribution in [0.5, 0.6) is 5.75 Å². The van der Waals surface area contributed by atoms with E-state index in [0.29, 0.717) is 11.3 Å². The maximum Gasteiger partial charge on any atom is 0.213 e. The summed E-state index contributed by atoms with van der Waals surface area (Å²) in [5, 5.41) is 4.95. The Morgan fingerprint density at radius 3 is 2.93 bits per heavy atom. The van der Waals surface area contributed by atoms with Crippen molar-refractivity contribution in [3.8, 4) is 5.75 Å². The largest absolute Gasteiger partial charge is 0.382 e. The fourth-order valence-electron chi connectivity index (χ4n) is 1.35. The molecule has 1 aliphatic heterocycles. The summed E-state index contributed by atoms with van der Waals surface area (Å²) in [6.07, 6.45) is 3.49. The molecular formula is C9H10N2O3S. The predicted molar refractivity (Wildman–Crippen MR) is 56.1 cm³/mol. The SMILES string of the molecule is NS(=O)(=O)Cc1ccc2c(c1)ONC=C2. The second-order valence-corrected chi connectivity index (χ2v) is 4.85. The molecule has 0 spiro atoms. The Kier molecular flexibility index (Phi) is 2.37. The standard InChI is InChI=1S/C9H10N2O3S/c10-15(12,13)6-7-1-2-8-3-4-11-14-9(8)5-7/h1-5,11H,6H2,(H2,10,12,13). The minimum atomic E-state index is -3.50. The molecule has 1 heterocycles. The summed E-state index contributed by atoms with van der Waals surface area (Å²) < 4.78 is 21.8. The summed E-state index contributed by atoms with van der Waals surface area (Å²) >= 11 is 0. The van der Waals surface area contributed by atoms with Crippen molar-refractivity contribution in [3.05, 3.63) is 35.5 Å². The number of rotatable bonds is 2. The van der Waals surface area contributed by atoms with E-state index in [2.05, 4.69) is 5.48 Å². The molecule has 0 amide bonds. The summed E-state index contributed by atoms with van der Waals surface area (Å²) in [6, 6.07) is 5.14. The quantitative estimate of drug-likeness (QED) is 0.762. The third kappa shape index (κ3) is 2.48. The average Bonchev–Trinajstić information content (AvgIpc) is 2.15. The molecule has 0 unspecified atom stereocenters. The first-order valence-electron chi connectivity index (χ1n) is 4.27. The van der Waals surface area contributed by atoms with Crippen LogP contribution in [0.3, 0.4) is 0 Å². The number of hydroxylamine groups is 1. The summed E-state index contributed by atoms with van der Waals surface area (Å²) in [6.45, 7) is 0. The minimum Gasteiger partial charge on any atom is -0.382 e. The van der Waals surface area contributed by atoms with Crippen LogP contribution in [0.15, 0.2) is 24.4 Å². The van der Waals surface area contributed by atoms with Crippen molar-refractivity contribution in [3.63, 3.8) is 0 Å². The van der Waals surface area contributed by atoms with Gasteiger partial charge in [-0.05, 0) is 17.7 Å². The lowest BCUT2D eigenvalue weighted by Crippen LogP contribution is -2.16. The Hall–Kier alpha value is -1.53. The molecule has 0 aromatic heterocycles. The molecule has 1 aromatic rings. The molecule has 0 atom stereocenters. The maximum absolute atomic E-state index is 10.9. The summed E-state index contributed by atoms with van der Waals surface area (Å²) in [5.74, 6) is 0.409. The summed E-state index contributed by atoms with van der Waals surface area (Å²) in [7, 11) is -3.50. The minimum absolute atomic E-state index is 0.187. The van der Waals surface area contributed by atoms with E-state index in [4.69, 9.17) is 9.98 Å². The molecule has 6 heteroatoms. The number of fused-ring (bicyclic) bond motifs is 1. The van der Waals surface area contributed by atoms with E-state index in [1.165, 1.54) is 0 Å². The molecule has 0 radical (unpaired) electrons.